The summed E-state index contributed by atoms with van der Waals surface area (Å²) in [6.45, 7) is 4.54. The lowest BCUT2D eigenvalue weighted by molar-refractivity contribution is -0.197. The molecule has 2 amide bonds. The van der Waals surface area contributed by atoms with E-state index >= 15 is 4.39 Å². The number of piperazine rings is 1. The molecule has 206 valence electrons. The summed E-state index contributed by atoms with van der Waals surface area (Å²) in [6, 6.07) is 5.57. The Balaban J connectivity index is 1.76. The van der Waals surface area contributed by atoms with E-state index in [4.69, 9.17) is 0 Å². The lowest BCUT2D eigenvalue weighted by Gasteiger charge is -2.44. The van der Waals surface area contributed by atoms with Gasteiger partial charge in [0.05, 0.1) is 23.2 Å². The third kappa shape index (κ3) is 5.54. The number of carbonyl (C=O) groups excluding carboxylic acids is 2. The number of halogens is 4. The molecule has 8 nitrogen and oxygen atoms in total. The van der Waals surface area contributed by atoms with E-state index in [2.05, 4.69) is 15.5 Å². The van der Waals surface area contributed by atoms with Gasteiger partial charge in [-0.3, -0.25) is 19.3 Å². The first-order chi connectivity index (χ1) is 17.8. The lowest BCUT2D eigenvalue weighted by atomic mass is 9.84. The summed E-state index contributed by atoms with van der Waals surface area (Å²) in [6.07, 6.45) is -4.11. The maximum atomic E-state index is 15.5. The van der Waals surface area contributed by atoms with Crippen molar-refractivity contribution in [3.63, 3.8) is 0 Å². The van der Waals surface area contributed by atoms with Crippen LogP contribution in [0.25, 0.3) is 11.1 Å². The molecular formula is C26H31F4N5O3. The van der Waals surface area contributed by atoms with Gasteiger partial charge in [0.1, 0.15) is 5.82 Å². The van der Waals surface area contributed by atoms with Crippen molar-refractivity contribution in [1.29, 1.82) is 0 Å². The molecule has 4 atom stereocenters. The van der Waals surface area contributed by atoms with E-state index in [1.807, 2.05) is 25.8 Å². The Morgan fingerprint density at radius 3 is 2.34 bits per heavy atom. The SMILES string of the molecule is C[C@@H]1CN(c2cc(F)c(-c3ccn(C)c(=O)c3)cc2NC(=O)C2CNC(=O)CC2C(F)(F)F)C[C@H](C)N1C. The van der Waals surface area contributed by atoms with E-state index in [-0.39, 0.29) is 34.5 Å². The molecule has 1 aromatic heterocycles. The first-order valence-electron chi connectivity index (χ1n) is 12.4. The smallest absolute Gasteiger partial charge is 0.367 e. The highest BCUT2D eigenvalue weighted by molar-refractivity contribution is 5.98. The average Bonchev–Trinajstić information content (AvgIpc) is 2.84. The number of likely N-dealkylation sites (N-methyl/N-ethyl adjacent to an activating group) is 1. The van der Waals surface area contributed by atoms with Crippen LogP contribution in [0, 0.1) is 17.7 Å². The van der Waals surface area contributed by atoms with Crippen LogP contribution >= 0.6 is 0 Å². The van der Waals surface area contributed by atoms with Crippen LogP contribution in [0.2, 0.25) is 0 Å². The van der Waals surface area contributed by atoms with Gasteiger partial charge in [-0.15, -0.1) is 0 Å². The number of aryl methyl sites for hydroxylation is 1. The number of carbonyl (C=O) groups is 2. The summed E-state index contributed by atoms with van der Waals surface area (Å²) in [4.78, 5) is 41.1. The number of nitrogens with zero attached hydrogens (tertiary/aromatic N) is 3. The number of nitrogens with one attached hydrogen (secondary N) is 2. The van der Waals surface area contributed by atoms with Gasteiger partial charge < -0.3 is 20.1 Å². The Bertz CT molecular complexity index is 1280. The zero-order valence-corrected chi connectivity index (χ0v) is 21.6. The number of pyridine rings is 1. The first kappa shape index (κ1) is 27.6. The van der Waals surface area contributed by atoms with Crippen LogP contribution in [0.4, 0.5) is 28.9 Å². The second-order valence-corrected chi connectivity index (χ2v) is 10.2. The molecule has 0 radical (unpaired) electrons. The summed E-state index contributed by atoms with van der Waals surface area (Å²) < 4.78 is 57.9. The summed E-state index contributed by atoms with van der Waals surface area (Å²) >= 11 is 0. The van der Waals surface area contributed by atoms with Crippen molar-refractivity contribution < 1.29 is 27.2 Å². The second-order valence-electron chi connectivity index (χ2n) is 10.2. The van der Waals surface area contributed by atoms with E-state index in [0.29, 0.717) is 18.8 Å². The zero-order chi connectivity index (χ0) is 27.9. The number of hydrogen-bond donors (Lipinski definition) is 2. The zero-order valence-electron chi connectivity index (χ0n) is 21.6. The number of rotatable bonds is 4. The number of aromatic nitrogens is 1. The standard InChI is InChI=1S/C26H31F4N5O3/c1-14-12-35(13-15(2)34(14)4)22-10-20(27)17(16-5-6-33(3)24(37)7-16)8-21(22)32-25(38)18-11-31-23(36)9-19(18)26(28,29)30/h5-8,10,14-15,18-19H,9,11-13H2,1-4H3,(H,31,36)(H,32,38)/t14-,15+,18?,19?. The van der Waals surface area contributed by atoms with Crippen molar-refractivity contribution in [2.45, 2.75) is 38.5 Å². The summed E-state index contributed by atoms with van der Waals surface area (Å²) in [5.41, 5.74) is 0.392. The highest BCUT2D eigenvalue weighted by Gasteiger charge is 2.50. The van der Waals surface area contributed by atoms with Crippen molar-refractivity contribution in [2.75, 3.05) is 36.9 Å². The van der Waals surface area contributed by atoms with Gasteiger partial charge in [0.25, 0.3) is 5.56 Å². The number of piperidine rings is 1. The van der Waals surface area contributed by atoms with Crippen LogP contribution in [-0.4, -0.2) is 66.2 Å². The van der Waals surface area contributed by atoms with Gasteiger partial charge in [-0.2, -0.15) is 13.2 Å². The topological polar surface area (TPSA) is 86.7 Å². The Morgan fingerprint density at radius 2 is 1.74 bits per heavy atom. The Hall–Kier alpha value is -3.41. The van der Waals surface area contributed by atoms with Gasteiger partial charge in [-0.1, -0.05) is 0 Å². The Labute approximate surface area is 217 Å². The Morgan fingerprint density at radius 1 is 1.08 bits per heavy atom. The van der Waals surface area contributed by atoms with Crippen LogP contribution in [0.3, 0.4) is 0 Å². The van der Waals surface area contributed by atoms with Gasteiger partial charge >= 0.3 is 6.18 Å². The fourth-order valence-electron chi connectivity index (χ4n) is 5.09. The fraction of sp³-hybridized carbons (Fsp3) is 0.500. The van der Waals surface area contributed by atoms with Crippen LogP contribution in [0.5, 0.6) is 0 Å². The number of anilines is 2. The van der Waals surface area contributed by atoms with Crippen LogP contribution in [-0.2, 0) is 16.6 Å². The molecule has 12 heteroatoms. The molecule has 1 aromatic carbocycles. The third-order valence-electron chi connectivity index (χ3n) is 7.63. The van der Waals surface area contributed by atoms with E-state index in [0.717, 1.165) is 0 Å². The molecule has 2 aliphatic heterocycles. The van der Waals surface area contributed by atoms with E-state index in [1.54, 1.807) is 13.1 Å². The highest BCUT2D eigenvalue weighted by atomic mass is 19.4. The van der Waals surface area contributed by atoms with Crippen molar-refractivity contribution in [1.82, 2.24) is 14.8 Å². The molecule has 0 spiro atoms. The molecule has 0 bridgehead atoms. The molecule has 2 unspecified atom stereocenters. The van der Waals surface area contributed by atoms with Crippen LogP contribution in [0.1, 0.15) is 20.3 Å². The predicted octanol–water partition coefficient (Wildman–Crippen LogP) is 2.97. The molecule has 0 saturated carbocycles. The quantitative estimate of drug-likeness (QED) is 0.586. The molecule has 2 N–H and O–H groups in total. The monoisotopic (exact) mass is 537 g/mol. The van der Waals surface area contributed by atoms with Gasteiger partial charge in [0.15, 0.2) is 0 Å². The molecule has 4 rings (SSSR count). The van der Waals surface area contributed by atoms with Gasteiger partial charge in [0, 0.05) is 63.0 Å². The van der Waals surface area contributed by atoms with E-state index in [9.17, 15) is 27.6 Å². The summed E-state index contributed by atoms with van der Waals surface area (Å²) in [7, 11) is 3.52. The van der Waals surface area contributed by atoms with Crippen molar-refractivity contribution in [2.24, 2.45) is 18.9 Å². The van der Waals surface area contributed by atoms with Crippen molar-refractivity contribution in [3.05, 3.63) is 46.6 Å². The van der Waals surface area contributed by atoms with Gasteiger partial charge in [-0.05, 0) is 44.7 Å². The van der Waals surface area contributed by atoms with Gasteiger partial charge in [0.2, 0.25) is 11.8 Å². The van der Waals surface area contributed by atoms with Crippen molar-refractivity contribution >= 4 is 23.2 Å². The predicted molar refractivity (Wildman–Crippen MR) is 135 cm³/mol. The minimum Gasteiger partial charge on any atom is -0.367 e. The first-order valence-corrected chi connectivity index (χ1v) is 12.4. The van der Waals surface area contributed by atoms with Crippen LogP contribution in [0.15, 0.2) is 35.3 Å². The lowest BCUT2D eigenvalue weighted by Crippen LogP contribution is -2.55. The molecule has 3 heterocycles. The maximum absolute atomic E-state index is 15.5. The highest BCUT2D eigenvalue weighted by Crippen LogP contribution is 2.39. The molecule has 0 aliphatic carbocycles. The number of amides is 2. The maximum Gasteiger partial charge on any atom is 0.393 e. The summed E-state index contributed by atoms with van der Waals surface area (Å²) in [5, 5.41) is 4.94. The van der Waals surface area contributed by atoms with Gasteiger partial charge in [-0.25, -0.2) is 4.39 Å². The third-order valence-corrected chi connectivity index (χ3v) is 7.63. The van der Waals surface area contributed by atoms with E-state index in [1.165, 1.54) is 29.0 Å². The minimum atomic E-state index is -4.75. The fourth-order valence-corrected chi connectivity index (χ4v) is 5.09. The minimum absolute atomic E-state index is 0.0290. The number of benzene rings is 1. The second kappa shape index (κ2) is 10.4. The molecule has 38 heavy (non-hydrogen) atoms. The normalized spacial score (nSPS) is 24.7. The Kier molecular flexibility index (Phi) is 7.55. The molecule has 2 aromatic rings. The summed E-state index contributed by atoms with van der Waals surface area (Å²) in [5.74, 6) is -6.02. The molecule has 2 saturated heterocycles. The van der Waals surface area contributed by atoms with Crippen LogP contribution < -0.4 is 21.1 Å². The van der Waals surface area contributed by atoms with Crippen molar-refractivity contribution in [3.8, 4) is 11.1 Å². The van der Waals surface area contributed by atoms with E-state index < -0.39 is 48.6 Å². The number of alkyl halides is 3. The largest absolute Gasteiger partial charge is 0.393 e. The molecule has 2 aliphatic rings. The average molecular weight is 538 g/mol. The molecular weight excluding hydrogens is 506 g/mol. The molecule has 2 fully saturated rings. The number of hydrogen-bond acceptors (Lipinski definition) is 5.